The molecule has 13 aromatic carbocycles. The Morgan fingerprint density at radius 2 is 0.565 bits per heavy atom. The zero-order valence-electron chi connectivity index (χ0n) is 65.1. The molecular formula is C100H94B2N6. The fourth-order valence-electron chi connectivity index (χ4n) is 20.0. The number of rotatable bonds is 10. The number of aryl methyl sites for hydroxylation is 6. The molecule has 2 aliphatic carbocycles. The largest absolute Gasteiger partial charge is 0.311 e. The Morgan fingerprint density at radius 3 is 0.935 bits per heavy atom. The van der Waals surface area contributed by atoms with Crippen LogP contribution in [-0.4, -0.2) is 13.4 Å². The van der Waals surface area contributed by atoms with Gasteiger partial charge in [-0.25, -0.2) is 0 Å². The van der Waals surface area contributed by atoms with Crippen LogP contribution in [0.25, 0.3) is 0 Å². The van der Waals surface area contributed by atoms with Gasteiger partial charge >= 0.3 is 0 Å². The lowest BCUT2D eigenvalue weighted by molar-refractivity contribution is 0.332. The van der Waals surface area contributed by atoms with Gasteiger partial charge in [-0.1, -0.05) is 219 Å². The highest BCUT2D eigenvalue weighted by Gasteiger charge is 2.50. The minimum Gasteiger partial charge on any atom is -0.311 e. The zero-order valence-corrected chi connectivity index (χ0v) is 65.1. The molecule has 0 saturated heterocycles. The first-order valence-corrected chi connectivity index (χ1v) is 39.2. The Hall–Kier alpha value is -11.2. The smallest absolute Gasteiger partial charge is 0.252 e. The molecule has 0 aromatic heterocycles. The van der Waals surface area contributed by atoms with E-state index >= 15 is 0 Å². The molecule has 108 heavy (non-hydrogen) atoms. The van der Waals surface area contributed by atoms with E-state index in [1.54, 1.807) is 0 Å². The summed E-state index contributed by atoms with van der Waals surface area (Å²) >= 11 is 0. The van der Waals surface area contributed by atoms with E-state index in [-0.39, 0.29) is 35.1 Å². The lowest BCUT2D eigenvalue weighted by Gasteiger charge is -2.48. The lowest BCUT2D eigenvalue weighted by atomic mass is 9.30. The molecule has 0 radical (unpaired) electrons. The van der Waals surface area contributed by atoms with Crippen LogP contribution >= 0.6 is 0 Å². The standard InChI is InChI=1S/C100H94B2N6/c1-63-31-21-25-43-83(63)107(95-65(3)33-29-34-66(95)4)73-57-89-93-91(59-73)105(71-47-49-75-77(55-71)99(11,12)53-51-97(75,7)8)85-45-27-23-41-79(85)101(93)81-61-82-88(62-87(81)103(89)69-37-17-15-18-38-69)104(70-39-19-16-20-40-70)90-58-74(108(84-44-26-22-32-64(84)2)96-67(5)35-30-36-68(96)6)60-92-94(90)102(82)80-42-24-28-46-86(80)106(92)72-48-50-76-78(56-72)100(13,14)54-52-98(76,9)10/h15-50,55-62H,51-54H2,1-14H3. The highest BCUT2D eigenvalue weighted by atomic mass is 15.2. The van der Waals surface area contributed by atoms with Crippen molar-refractivity contribution in [3.05, 3.63) is 323 Å². The third-order valence-corrected chi connectivity index (χ3v) is 25.8. The number of anilines is 18. The van der Waals surface area contributed by atoms with E-state index in [0.29, 0.717) is 0 Å². The van der Waals surface area contributed by atoms with E-state index in [4.69, 9.17) is 0 Å². The van der Waals surface area contributed by atoms with E-state index in [0.717, 1.165) is 82.6 Å². The Labute approximate surface area is 640 Å². The Kier molecular flexibility index (Phi) is 15.4. The van der Waals surface area contributed by atoms with Gasteiger partial charge in [-0.05, 0) is 280 Å². The fraction of sp³-hybridized carbons (Fsp3) is 0.220. The first-order valence-electron chi connectivity index (χ1n) is 39.2. The predicted octanol–water partition coefficient (Wildman–Crippen LogP) is 23.3. The maximum atomic E-state index is 2.70. The van der Waals surface area contributed by atoms with Crippen molar-refractivity contribution in [1.29, 1.82) is 0 Å². The fourth-order valence-corrected chi connectivity index (χ4v) is 20.0. The number of benzene rings is 13. The van der Waals surface area contributed by atoms with Crippen LogP contribution < -0.4 is 62.2 Å². The van der Waals surface area contributed by atoms with Gasteiger partial charge < -0.3 is 29.4 Å². The van der Waals surface area contributed by atoms with Crippen LogP contribution in [0.15, 0.2) is 267 Å². The Morgan fingerprint density at radius 1 is 0.250 bits per heavy atom. The van der Waals surface area contributed by atoms with Crippen LogP contribution in [0.5, 0.6) is 0 Å². The van der Waals surface area contributed by atoms with Crippen LogP contribution in [-0.2, 0) is 21.7 Å². The molecule has 19 rings (SSSR count). The maximum absolute atomic E-state index is 2.70. The molecule has 4 heterocycles. The molecule has 6 aliphatic rings. The van der Waals surface area contributed by atoms with E-state index in [9.17, 15) is 0 Å². The molecule has 0 N–H and O–H groups in total. The van der Waals surface area contributed by atoms with Gasteiger partial charge in [-0.2, -0.15) is 0 Å². The third kappa shape index (κ3) is 10.3. The van der Waals surface area contributed by atoms with Gasteiger partial charge in [-0.15, -0.1) is 0 Å². The van der Waals surface area contributed by atoms with E-state index < -0.39 is 0 Å². The highest BCUT2D eigenvalue weighted by Crippen LogP contribution is 2.56. The number of hydrogen-bond acceptors (Lipinski definition) is 6. The van der Waals surface area contributed by atoms with E-state index in [1.807, 2.05) is 0 Å². The molecule has 0 amide bonds. The van der Waals surface area contributed by atoms with E-state index in [1.165, 1.54) is 134 Å². The van der Waals surface area contributed by atoms with Gasteiger partial charge in [0, 0.05) is 79.6 Å². The molecule has 13 aromatic rings. The summed E-state index contributed by atoms with van der Waals surface area (Å²) in [4.78, 5) is 15.8. The van der Waals surface area contributed by atoms with Gasteiger partial charge in [-0.3, -0.25) is 0 Å². The number of hydrogen-bond donors (Lipinski definition) is 0. The topological polar surface area (TPSA) is 19.4 Å². The van der Waals surface area contributed by atoms with Crippen LogP contribution in [0.1, 0.15) is 137 Å². The molecule has 0 atom stereocenters. The van der Waals surface area contributed by atoms with Crippen molar-refractivity contribution in [3.63, 3.8) is 0 Å². The summed E-state index contributed by atoms with van der Waals surface area (Å²) in [6, 6.07) is 104. The van der Waals surface area contributed by atoms with Crippen molar-refractivity contribution in [2.24, 2.45) is 0 Å². The van der Waals surface area contributed by atoms with Gasteiger partial charge in [0.25, 0.3) is 13.4 Å². The average Bonchev–Trinajstić information content (AvgIpc) is 0.680. The average molecular weight is 1400 g/mol. The van der Waals surface area contributed by atoms with Crippen LogP contribution in [0.2, 0.25) is 0 Å². The van der Waals surface area contributed by atoms with Crippen molar-refractivity contribution in [2.75, 3.05) is 29.4 Å². The highest BCUT2D eigenvalue weighted by molar-refractivity contribution is 7.03. The molecular weight excluding hydrogens is 1310 g/mol. The molecule has 0 fully saturated rings. The van der Waals surface area contributed by atoms with Gasteiger partial charge in [0.15, 0.2) is 0 Å². The van der Waals surface area contributed by atoms with Crippen molar-refractivity contribution in [3.8, 4) is 0 Å². The summed E-state index contributed by atoms with van der Waals surface area (Å²) in [6.07, 6.45) is 4.54. The maximum Gasteiger partial charge on any atom is 0.252 e. The minimum absolute atomic E-state index is 0.0243. The van der Waals surface area contributed by atoms with Gasteiger partial charge in [0.2, 0.25) is 0 Å². The molecule has 0 spiro atoms. The summed E-state index contributed by atoms with van der Waals surface area (Å²) in [7, 11) is 0. The molecule has 8 heteroatoms. The van der Waals surface area contributed by atoms with Gasteiger partial charge in [0.1, 0.15) is 0 Å². The first-order chi connectivity index (χ1) is 52.1. The lowest BCUT2D eigenvalue weighted by Crippen LogP contribution is -2.65. The second-order valence-corrected chi connectivity index (χ2v) is 34.5. The molecule has 0 saturated carbocycles. The summed E-state index contributed by atoms with van der Waals surface area (Å²) in [6.45, 7) is 33.0. The summed E-state index contributed by atoms with van der Waals surface area (Å²) in [5, 5.41) is 0. The molecule has 6 nitrogen and oxygen atoms in total. The second-order valence-electron chi connectivity index (χ2n) is 34.5. The van der Waals surface area contributed by atoms with Crippen LogP contribution in [0.4, 0.5) is 102 Å². The number of fused-ring (bicyclic) bond motifs is 10. The van der Waals surface area contributed by atoms with Crippen molar-refractivity contribution in [1.82, 2.24) is 0 Å². The number of para-hydroxylation sites is 8. The second kappa shape index (κ2) is 24.7. The van der Waals surface area contributed by atoms with Crippen LogP contribution in [0, 0.1) is 41.5 Å². The normalized spacial score (nSPS) is 16.1. The Bertz CT molecular complexity index is 5470. The number of nitrogens with zero attached hydrogens (tertiary/aromatic N) is 6. The minimum atomic E-state index is -0.191. The van der Waals surface area contributed by atoms with E-state index in [2.05, 4.69) is 393 Å². The first kappa shape index (κ1) is 67.4. The molecule has 0 unspecified atom stereocenters. The van der Waals surface area contributed by atoms with Crippen molar-refractivity contribution in [2.45, 2.75) is 144 Å². The van der Waals surface area contributed by atoms with Gasteiger partial charge in [0.05, 0.1) is 22.7 Å². The van der Waals surface area contributed by atoms with Crippen molar-refractivity contribution >= 4 is 149 Å². The summed E-state index contributed by atoms with van der Waals surface area (Å²) in [5.74, 6) is 0. The molecule has 0 bridgehead atoms. The van der Waals surface area contributed by atoms with Crippen LogP contribution in [0.3, 0.4) is 0 Å². The summed E-state index contributed by atoms with van der Waals surface area (Å²) < 4.78 is 0. The molecule has 530 valence electrons. The Balaban J connectivity index is 0.941. The molecule has 4 aliphatic heterocycles. The SMILES string of the molecule is Cc1ccccc1N(c1cc2c3c(c1)N(c1ccccc1)c1cc4c(cc1B3c1ccccc1N2c1ccc2c(c1)C(C)(C)CCC2(C)C)B1c2ccccc2N(c2ccc3c(c2)C(C)(C)CCC3(C)C)c2cc(N(c3ccccc3C)c3c(C)cccc3C)cc(c21)N4c1ccccc1)c1c(C)cccc1C. The predicted molar refractivity (Wildman–Crippen MR) is 463 cm³/mol. The quantitative estimate of drug-likeness (QED) is 0.126. The monoisotopic (exact) mass is 1400 g/mol. The zero-order chi connectivity index (χ0) is 74.2. The van der Waals surface area contributed by atoms with Crippen molar-refractivity contribution < 1.29 is 0 Å². The third-order valence-electron chi connectivity index (χ3n) is 25.8. The summed E-state index contributed by atoms with van der Waals surface area (Å²) in [5.41, 5.74) is 41.6.